The van der Waals surface area contributed by atoms with Crippen LogP contribution in [0.1, 0.15) is 23.1 Å². The summed E-state index contributed by atoms with van der Waals surface area (Å²) in [5.74, 6) is 1.15. The fourth-order valence-corrected chi connectivity index (χ4v) is 4.75. The molecular weight excluding hydrogens is 416 g/mol. The number of fused-ring (bicyclic) bond motifs is 2. The number of nitrogens with zero attached hydrogens (tertiary/aromatic N) is 1. The lowest BCUT2D eigenvalue weighted by atomic mass is 9.82. The van der Waals surface area contributed by atoms with Crippen molar-refractivity contribution in [1.82, 2.24) is 10.2 Å². The SMILES string of the molecule is C=C=C1C(C(=C=C)c2ccc(C)c(C)c2)=CN(C/C(=C/C=C\COC)NC)C2=C1C1CC1C=C2. The molecule has 174 valence electrons. The van der Waals surface area contributed by atoms with Crippen LogP contribution in [0.4, 0.5) is 0 Å². The second-order valence-electron chi connectivity index (χ2n) is 9.06. The Morgan fingerprint density at radius 1 is 1.26 bits per heavy atom. The number of hydrogen-bond donors (Lipinski definition) is 1. The summed E-state index contributed by atoms with van der Waals surface area (Å²) in [6, 6.07) is 6.55. The van der Waals surface area contributed by atoms with Crippen LogP contribution in [0.15, 0.2) is 108 Å². The Morgan fingerprint density at radius 3 is 2.76 bits per heavy atom. The first-order chi connectivity index (χ1) is 16.5. The first kappa shape index (κ1) is 23.7. The van der Waals surface area contributed by atoms with E-state index in [1.54, 1.807) is 7.11 Å². The summed E-state index contributed by atoms with van der Waals surface area (Å²) < 4.78 is 5.12. The molecule has 4 rings (SSSR count). The summed E-state index contributed by atoms with van der Waals surface area (Å²) in [6.07, 6.45) is 14.2. The van der Waals surface area contributed by atoms with E-state index >= 15 is 0 Å². The maximum absolute atomic E-state index is 5.12. The summed E-state index contributed by atoms with van der Waals surface area (Å²) >= 11 is 0. The molecule has 0 aromatic heterocycles. The highest BCUT2D eigenvalue weighted by atomic mass is 16.5. The lowest BCUT2D eigenvalue weighted by Crippen LogP contribution is -2.29. The van der Waals surface area contributed by atoms with Crippen molar-refractivity contribution in [3.63, 3.8) is 0 Å². The van der Waals surface area contributed by atoms with E-state index in [9.17, 15) is 0 Å². The topological polar surface area (TPSA) is 24.5 Å². The second-order valence-corrected chi connectivity index (χ2v) is 9.06. The predicted octanol–water partition coefficient (Wildman–Crippen LogP) is 6.15. The number of likely N-dealkylation sites (N-methyl/N-ethyl adjacent to an activating group) is 1. The Labute approximate surface area is 204 Å². The van der Waals surface area contributed by atoms with E-state index in [-0.39, 0.29) is 0 Å². The van der Waals surface area contributed by atoms with Gasteiger partial charge >= 0.3 is 0 Å². The number of methoxy groups -OCH3 is 1. The number of ether oxygens (including phenoxy) is 1. The van der Waals surface area contributed by atoms with Crippen LogP contribution in [0, 0.1) is 25.7 Å². The summed E-state index contributed by atoms with van der Waals surface area (Å²) in [4.78, 5) is 2.33. The van der Waals surface area contributed by atoms with Crippen molar-refractivity contribution in [3.8, 4) is 0 Å². The maximum Gasteiger partial charge on any atom is 0.0646 e. The molecule has 2 unspecified atom stereocenters. The first-order valence-corrected chi connectivity index (χ1v) is 11.8. The zero-order chi connectivity index (χ0) is 24.2. The molecule has 1 aliphatic heterocycles. The van der Waals surface area contributed by atoms with Gasteiger partial charge in [0.2, 0.25) is 0 Å². The summed E-state index contributed by atoms with van der Waals surface area (Å²) in [5, 5.41) is 3.35. The van der Waals surface area contributed by atoms with Gasteiger partial charge in [0.25, 0.3) is 0 Å². The van der Waals surface area contributed by atoms with E-state index in [1.807, 2.05) is 19.2 Å². The standard InChI is InChI=1S/C31H34N2O/c1-7-26(23-13-12-21(3)22(4)17-23)29-20-33(19-25(32-5)11-9-10-16-34-6)30-15-14-24-18-28(24)31(30)27(29)8-2/h9-15,17,20,24,28,32H,1-2,16,18-19H2,3-6H3/b10-9-,25-11-. The zero-order valence-corrected chi connectivity index (χ0v) is 20.7. The highest BCUT2D eigenvalue weighted by Crippen LogP contribution is 2.55. The van der Waals surface area contributed by atoms with E-state index in [0.717, 1.165) is 34.5 Å². The average Bonchev–Trinajstić information content (AvgIpc) is 3.64. The van der Waals surface area contributed by atoms with Gasteiger partial charge in [0.1, 0.15) is 0 Å². The Hall–Kier alpha value is -3.48. The van der Waals surface area contributed by atoms with E-state index in [0.29, 0.717) is 18.4 Å². The van der Waals surface area contributed by atoms with Gasteiger partial charge in [0.05, 0.1) is 13.2 Å². The lowest BCUT2D eigenvalue weighted by Gasteiger charge is -2.34. The van der Waals surface area contributed by atoms with Gasteiger partial charge in [0.15, 0.2) is 0 Å². The van der Waals surface area contributed by atoms with Gasteiger partial charge < -0.3 is 15.0 Å². The first-order valence-electron chi connectivity index (χ1n) is 11.8. The lowest BCUT2D eigenvalue weighted by molar-refractivity contribution is 0.234. The Balaban J connectivity index is 1.78. The van der Waals surface area contributed by atoms with Crippen LogP contribution in [-0.2, 0) is 4.74 Å². The molecule has 1 aromatic carbocycles. The molecule has 1 aromatic rings. The molecule has 0 bridgehead atoms. The number of hydrogen-bond acceptors (Lipinski definition) is 3. The van der Waals surface area contributed by atoms with E-state index in [1.165, 1.54) is 28.8 Å². The van der Waals surface area contributed by atoms with Crippen LogP contribution in [0.5, 0.6) is 0 Å². The van der Waals surface area contributed by atoms with Gasteiger partial charge in [-0.2, -0.15) is 0 Å². The minimum atomic E-state index is 0.532. The molecular formula is C31H34N2O. The van der Waals surface area contributed by atoms with Crippen LogP contribution >= 0.6 is 0 Å². The maximum atomic E-state index is 5.12. The van der Waals surface area contributed by atoms with Crippen molar-refractivity contribution in [2.75, 3.05) is 27.3 Å². The number of benzene rings is 1. The van der Waals surface area contributed by atoms with Crippen LogP contribution in [-0.4, -0.2) is 32.2 Å². The van der Waals surface area contributed by atoms with Crippen LogP contribution in [0.3, 0.4) is 0 Å². The van der Waals surface area contributed by atoms with Gasteiger partial charge in [-0.05, 0) is 66.5 Å². The highest BCUT2D eigenvalue weighted by molar-refractivity contribution is 5.86. The molecule has 0 spiro atoms. The van der Waals surface area contributed by atoms with Crippen molar-refractivity contribution in [2.24, 2.45) is 11.8 Å². The van der Waals surface area contributed by atoms with E-state index in [4.69, 9.17) is 4.74 Å². The quantitative estimate of drug-likeness (QED) is 0.380. The van der Waals surface area contributed by atoms with Crippen molar-refractivity contribution in [1.29, 1.82) is 0 Å². The molecule has 3 nitrogen and oxygen atoms in total. The Morgan fingerprint density at radius 2 is 2.09 bits per heavy atom. The summed E-state index contributed by atoms with van der Waals surface area (Å²) in [5.41, 5.74) is 17.1. The molecule has 1 N–H and O–H groups in total. The van der Waals surface area contributed by atoms with Crippen molar-refractivity contribution < 1.29 is 4.74 Å². The molecule has 0 amide bonds. The third-order valence-electron chi connectivity index (χ3n) is 6.90. The third kappa shape index (κ3) is 4.60. The Bertz CT molecular complexity index is 1240. The molecule has 2 atom stereocenters. The van der Waals surface area contributed by atoms with Gasteiger partial charge in [-0.3, -0.25) is 0 Å². The minimum Gasteiger partial charge on any atom is -0.390 e. The molecule has 1 fully saturated rings. The summed E-state index contributed by atoms with van der Waals surface area (Å²) in [6.45, 7) is 13.8. The van der Waals surface area contributed by atoms with Crippen molar-refractivity contribution in [3.05, 3.63) is 124 Å². The van der Waals surface area contributed by atoms with Crippen LogP contribution in [0.25, 0.3) is 5.57 Å². The van der Waals surface area contributed by atoms with Crippen molar-refractivity contribution >= 4 is 5.57 Å². The van der Waals surface area contributed by atoms with E-state index < -0.39 is 0 Å². The third-order valence-corrected chi connectivity index (χ3v) is 6.90. The number of allylic oxidation sites excluding steroid dienone is 8. The smallest absolute Gasteiger partial charge is 0.0646 e. The highest BCUT2D eigenvalue weighted by Gasteiger charge is 2.45. The fourth-order valence-electron chi connectivity index (χ4n) is 4.75. The normalized spacial score (nSPS) is 21.1. The van der Waals surface area contributed by atoms with Crippen LogP contribution in [0.2, 0.25) is 0 Å². The van der Waals surface area contributed by atoms with Gasteiger partial charge in [-0.15, -0.1) is 11.5 Å². The minimum absolute atomic E-state index is 0.532. The molecule has 1 heterocycles. The molecule has 3 aliphatic rings. The van der Waals surface area contributed by atoms with Gasteiger partial charge in [-0.1, -0.05) is 49.6 Å². The monoisotopic (exact) mass is 450 g/mol. The predicted molar refractivity (Wildman–Crippen MR) is 142 cm³/mol. The van der Waals surface area contributed by atoms with Crippen LogP contribution < -0.4 is 5.32 Å². The molecule has 0 saturated heterocycles. The summed E-state index contributed by atoms with van der Waals surface area (Å²) in [7, 11) is 3.67. The molecule has 1 saturated carbocycles. The van der Waals surface area contributed by atoms with Gasteiger partial charge in [-0.25, -0.2) is 0 Å². The molecule has 0 radical (unpaired) electrons. The largest absolute Gasteiger partial charge is 0.390 e. The number of aryl methyl sites for hydroxylation is 2. The van der Waals surface area contributed by atoms with Crippen molar-refractivity contribution in [2.45, 2.75) is 20.3 Å². The molecule has 3 heteroatoms. The van der Waals surface area contributed by atoms with E-state index in [2.05, 4.69) is 91.3 Å². The zero-order valence-electron chi connectivity index (χ0n) is 20.7. The number of nitrogens with one attached hydrogen (secondary N) is 1. The average molecular weight is 451 g/mol. The molecule has 34 heavy (non-hydrogen) atoms. The molecule has 2 aliphatic carbocycles. The Kier molecular flexibility index (Phi) is 7.10. The van der Waals surface area contributed by atoms with Gasteiger partial charge in [0, 0.05) is 48.5 Å². The number of rotatable bonds is 8. The second kappa shape index (κ2) is 10.2. The fraction of sp³-hybridized carbons (Fsp3) is 0.290.